The highest BCUT2D eigenvalue weighted by molar-refractivity contribution is 5.94. The minimum absolute atomic E-state index is 0.0781. The minimum atomic E-state index is -5.02. The van der Waals surface area contributed by atoms with Gasteiger partial charge >= 0.3 is 12.4 Å². The van der Waals surface area contributed by atoms with Gasteiger partial charge in [-0.2, -0.15) is 9.97 Å². The number of alkyl halides is 4. The fourth-order valence-corrected chi connectivity index (χ4v) is 7.20. The molecule has 2 bridgehead atoms. The van der Waals surface area contributed by atoms with E-state index in [2.05, 4.69) is 24.8 Å². The molecule has 8 nitrogen and oxygen atoms in total. The largest absolute Gasteiger partial charge is 0.573 e. The van der Waals surface area contributed by atoms with E-state index in [1.165, 1.54) is 6.07 Å². The Morgan fingerprint density at radius 2 is 1.83 bits per heavy atom. The first-order valence-corrected chi connectivity index (χ1v) is 14.2. The van der Waals surface area contributed by atoms with Gasteiger partial charge in [0.05, 0.1) is 5.54 Å². The molecule has 7 rings (SSSR count). The summed E-state index contributed by atoms with van der Waals surface area (Å²) in [7, 11) is 0. The highest BCUT2D eigenvalue weighted by atomic mass is 19.4. The fourth-order valence-electron chi connectivity index (χ4n) is 7.20. The van der Waals surface area contributed by atoms with Gasteiger partial charge in [-0.1, -0.05) is 6.07 Å². The lowest BCUT2D eigenvalue weighted by Gasteiger charge is -2.34. The molecule has 0 aliphatic carbocycles. The van der Waals surface area contributed by atoms with Crippen molar-refractivity contribution in [3.05, 3.63) is 36.1 Å². The Bertz CT molecular complexity index is 1510. The zero-order valence-corrected chi connectivity index (χ0v) is 22.6. The predicted octanol–water partition coefficient (Wildman–Crippen LogP) is 4.94. The van der Waals surface area contributed by atoms with Crippen molar-refractivity contribution in [3.63, 3.8) is 0 Å². The lowest BCUT2D eigenvalue weighted by molar-refractivity contribution is -0.274. The van der Waals surface area contributed by atoms with Gasteiger partial charge in [-0.15, -0.1) is 13.2 Å². The number of hydrogen-bond donors (Lipinski definition) is 2. The number of phenolic OH excluding ortho intramolecular Hbond substituents is 1. The van der Waals surface area contributed by atoms with Crippen molar-refractivity contribution in [2.24, 2.45) is 0 Å². The third-order valence-electron chi connectivity index (χ3n) is 8.99. The molecule has 2 N–H and O–H groups in total. The van der Waals surface area contributed by atoms with E-state index in [-0.39, 0.29) is 47.1 Å². The lowest BCUT2D eigenvalue weighted by atomic mass is 9.95. The SMILES string of the molecule is Oc1ccc(OC(F)(F)F)c(-c2ccc3c(N4CC5CCC(C4)N5)nc(OC[C@@]45CCCN4C[C@H](F)C5)nc3c2F)c1. The molecule has 4 fully saturated rings. The maximum absolute atomic E-state index is 16.3. The number of hydrogen-bond acceptors (Lipinski definition) is 8. The van der Waals surface area contributed by atoms with Gasteiger partial charge in [0, 0.05) is 54.7 Å². The number of nitrogens with one attached hydrogen (secondary N) is 1. The molecule has 4 atom stereocenters. The Labute approximate surface area is 238 Å². The Morgan fingerprint density at radius 3 is 2.60 bits per heavy atom. The van der Waals surface area contributed by atoms with Crippen molar-refractivity contribution < 1.29 is 36.5 Å². The molecule has 0 spiro atoms. The molecule has 3 aromatic rings. The van der Waals surface area contributed by atoms with E-state index in [1.807, 2.05) is 0 Å². The number of halogens is 5. The van der Waals surface area contributed by atoms with Crippen LogP contribution in [0.4, 0.5) is 27.8 Å². The highest BCUT2D eigenvalue weighted by Crippen LogP contribution is 2.42. The van der Waals surface area contributed by atoms with E-state index < -0.39 is 29.6 Å². The number of phenols is 1. The first-order valence-electron chi connectivity index (χ1n) is 14.2. The van der Waals surface area contributed by atoms with Crippen molar-refractivity contribution in [2.45, 2.75) is 62.3 Å². The summed E-state index contributed by atoms with van der Waals surface area (Å²) >= 11 is 0. The maximum atomic E-state index is 16.3. The summed E-state index contributed by atoms with van der Waals surface area (Å²) in [6.45, 7) is 2.55. The molecule has 42 heavy (non-hydrogen) atoms. The summed E-state index contributed by atoms with van der Waals surface area (Å²) in [5.74, 6) is -1.45. The molecular weight excluding hydrogens is 561 g/mol. The zero-order chi connectivity index (χ0) is 29.2. The van der Waals surface area contributed by atoms with Gasteiger partial charge in [-0.25, -0.2) is 8.78 Å². The molecule has 2 unspecified atom stereocenters. The average molecular weight is 592 g/mol. The van der Waals surface area contributed by atoms with Crippen LogP contribution in [0.15, 0.2) is 30.3 Å². The molecule has 4 saturated heterocycles. The van der Waals surface area contributed by atoms with Crippen LogP contribution in [0.25, 0.3) is 22.0 Å². The maximum Gasteiger partial charge on any atom is 0.573 e. The lowest BCUT2D eigenvalue weighted by Crippen LogP contribution is -2.51. The molecule has 1 aromatic heterocycles. The molecule has 224 valence electrons. The molecule has 5 heterocycles. The van der Waals surface area contributed by atoms with Crippen molar-refractivity contribution in [2.75, 3.05) is 37.7 Å². The number of anilines is 1. The minimum Gasteiger partial charge on any atom is -0.508 e. The van der Waals surface area contributed by atoms with E-state index in [0.29, 0.717) is 37.3 Å². The van der Waals surface area contributed by atoms with Crippen LogP contribution in [0, 0.1) is 5.82 Å². The first kappa shape index (κ1) is 27.4. The van der Waals surface area contributed by atoms with Crippen LogP contribution in [0.2, 0.25) is 0 Å². The van der Waals surface area contributed by atoms with Crippen LogP contribution in [0.3, 0.4) is 0 Å². The number of fused-ring (bicyclic) bond motifs is 4. The van der Waals surface area contributed by atoms with Crippen molar-refractivity contribution in [1.29, 1.82) is 0 Å². The van der Waals surface area contributed by atoms with Crippen LogP contribution in [0.1, 0.15) is 32.1 Å². The standard InChI is InChI=1S/C29H30F5N5O3/c30-16-11-28(8-1-9-39(28)12-16)15-41-27-36-25-21(26(37-27)38-13-17-2-3-18(14-38)35-17)6-5-20(24(25)31)22-10-19(40)4-7-23(22)42-29(32,33)34/h4-7,10,16-18,35,40H,1-3,8-9,11-15H2/t16-,17?,18?,28+/m1/s1. The molecule has 13 heteroatoms. The monoisotopic (exact) mass is 591 g/mol. The third-order valence-corrected chi connectivity index (χ3v) is 8.99. The van der Waals surface area contributed by atoms with E-state index in [4.69, 9.17) is 9.72 Å². The highest BCUT2D eigenvalue weighted by Gasteiger charge is 2.49. The summed E-state index contributed by atoms with van der Waals surface area (Å²) in [6, 6.07) is 6.32. The second-order valence-electron chi connectivity index (χ2n) is 11.8. The first-order chi connectivity index (χ1) is 20.1. The van der Waals surface area contributed by atoms with Gasteiger partial charge < -0.3 is 24.8 Å². The van der Waals surface area contributed by atoms with Crippen molar-refractivity contribution in [1.82, 2.24) is 20.2 Å². The van der Waals surface area contributed by atoms with Crippen molar-refractivity contribution >= 4 is 16.7 Å². The average Bonchev–Trinajstić information content (AvgIpc) is 3.58. The Kier molecular flexibility index (Phi) is 6.57. The van der Waals surface area contributed by atoms with Gasteiger partial charge in [0.15, 0.2) is 5.82 Å². The topological polar surface area (TPSA) is 83.0 Å². The fraction of sp³-hybridized carbons (Fsp3) is 0.517. The third kappa shape index (κ3) is 4.96. The Hall–Kier alpha value is -3.45. The summed E-state index contributed by atoms with van der Waals surface area (Å²) in [6.07, 6.45) is -1.92. The number of aromatic nitrogens is 2. The summed E-state index contributed by atoms with van der Waals surface area (Å²) in [5, 5.41) is 14.0. The van der Waals surface area contributed by atoms with Crippen LogP contribution in [-0.4, -0.2) is 82.9 Å². The van der Waals surface area contributed by atoms with Crippen LogP contribution in [0.5, 0.6) is 17.5 Å². The smallest absolute Gasteiger partial charge is 0.508 e. The van der Waals surface area contributed by atoms with Gasteiger partial charge in [0.2, 0.25) is 0 Å². The number of rotatable bonds is 6. The number of ether oxygens (including phenoxy) is 2. The molecule has 0 amide bonds. The van der Waals surface area contributed by atoms with Gasteiger partial charge in [-0.05, 0) is 56.5 Å². The number of benzene rings is 2. The quantitative estimate of drug-likeness (QED) is 0.391. The predicted molar refractivity (Wildman–Crippen MR) is 144 cm³/mol. The number of nitrogens with zero attached hydrogens (tertiary/aromatic N) is 4. The second kappa shape index (κ2) is 10.1. The molecule has 0 radical (unpaired) electrons. The molecule has 4 aliphatic heterocycles. The number of piperazine rings is 1. The summed E-state index contributed by atoms with van der Waals surface area (Å²) < 4.78 is 80.4. The number of aromatic hydroxyl groups is 1. The summed E-state index contributed by atoms with van der Waals surface area (Å²) in [4.78, 5) is 13.3. The molecule has 2 aromatic carbocycles. The molecule has 4 aliphatic rings. The zero-order valence-electron chi connectivity index (χ0n) is 22.6. The van der Waals surface area contributed by atoms with Crippen LogP contribution in [-0.2, 0) is 0 Å². The van der Waals surface area contributed by atoms with Gasteiger partial charge in [0.25, 0.3) is 0 Å². The van der Waals surface area contributed by atoms with Crippen molar-refractivity contribution in [3.8, 4) is 28.6 Å². The van der Waals surface area contributed by atoms with Crippen LogP contribution < -0.4 is 19.7 Å². The molecular formula is C29H30F5N5O3. The van der Waals surface area contributed by atoms with E-state index in [1.54, 1.807) is 6.07 Å². The normalized spacial score (nSPS) is 27.5. The van der Waals surface area contributed by atoms with Gasteiger partial charge in [0.1, 0.15) is 35.6 Å². The van der Waals surface area contributed by atoms with E-state index >= 15 is 4.39 Å². The van der Waals surface area contributed by atoms with E-state index in [9.17, 15) is 22.7 Å². The van der Waals surface area contributed by atoms with Crippen LogP contribution >= 0.6 is 0 Å². The summed E-state index contributed by atoms with van der Waals surface area (Å²) in [5.41, 5.74) is -1.12. The molecule has 0 saturated carbocycles. The van der Waals surface area contributed by atoms with E-state index in [0.717, 1.165) is 50.4 Å². The second-order valence-corrected chi connectivity index (χ2v) is 11.8. The van der Waals surface area contributed by atoms with Gasteiger partial charge in [-0.3, -0.25) is 4.90 Å². The Morgan fingerprint density at radius 1 is 1.05 bits per heavy atom. The Balaban J connectivity index is 1.32.